The summed E-state index contributed by atoms with van der Waals surface area (Å²) >= 11 is 0. The van der Waals surface area contributed by atoms with Gasteiger partial charge < -0.3 is 14.9 Å². The van der Waals surface area contributed by atoms with Crippen LogP contribution >= 0.6 is 0 Å². The summed E-state index contributed by atoms with van der Waals surface area (Å²) in [4.78, 5) is 27.9. The molecule has 0 aromatic heterocycles. The third kappa shape index (κ3) is 4.44. The van der Waals surface area contributed by atoms with E-state index in [0.717, 1.165) is 38.8 Å². The Morgan fingerprint density at radius 1 is 1.15 bits per heavy atom. The Morgan fingerprint density at radius 3 is 2.42 bits per heavy atom. The lowest BCUT2D eigenvalue weighted by Gasteiger charge is -2.35. The first-order valence-electron chi connectivity index (χ1n) is 9.73. The average molecular weight is 358 g/mol. The molecule has 2 aliphatic rings. The number of rotatable bonds is 4. The molecule has 1 N–H and O–H groups in total. The minimum Gasteiger partial charge on any atom is -0.391 e. The van der Waals surface area contributed by atoms with E-state index < -0.39 is 12.1 Å². The molecule has 1 aromatic carbocycles. The number of aliphatic hydroxyl groups is 1. The van der Waals surface area contributed by atoms with Gasteiger partial charge in [-0.3, -0.25) is 9.59 Å². The van der Waals surface area contributed by atoms with Crippen molar-refractivity contribution in [3.63, 3.8) is 0 Å². The SMILES string of the molecule is CC(=O)N1C[C@@H](O)C[C@@H]1C(=O)N1CCC(CCc2ccc(C)cc2)CC1. The van der Waals surface area contributed by atoms with Crippen molar-refractivity contribution < 1.29 is 14.7 Å². The van der Waals surface area contributed by atoms with Gasteiger partial charge in [-0.05, 0) is 44.1 Å². The number of aliphatic hydroxyl groups excluding tert-OH is 1. The highest BCUT2D eigenvalue weighted by Crippen LogP contribution is 2.26. The zero-order valence-corrected chi connectivity index (χ0v) is 15.9. The van der Waals surface area contributed by atoms with Crippen molar-refractivity contribution in [2.45, 2.75) is 58.1 Å². The molecule has 5 nitrogen and oxygen atoms in total. The molecule has 0 aliphatic carbocycles. The summed E-state index contributed by atoms with van der Waals surface area (Å²) in [6.07, 6.45) is 4.07. The van der Waals surface area contributed by atoms with Crippen LogP contribution in [0.15, 0.2) is 24.3 Å². The first-order chi connectivity index (χ1) is 12.4. The molecular weight excluding hydrogens is 328 g/mol. The van der Waals surface area contributed by atoms with Gasteiger partial charge in [0.05, 0.1) is 6.10 Å². The molecule has 0 bridgehead atoms. The van der Waals surface area contributed by atoms with Crippen molar-refractivity contribution in [2.24, 2.45) is 5.92 Å². The van der Waals surface area contributed by atoms with E-state index in [-0.39, 0.29) is 18.4 Å². The molecule has 5 heteroatoms. The van der Waals surface area contributed by atoms with Crippen molar-refractivity contribution in [2.75, 3.05) is 19.6 Å². The average Bonchev–Trinajstić information content (AvgIpc) is 3.03. The van der Waals surface area contributed by atoms with Gasteiger partial charge in [0.2, 0.25) is 11.8 Å². The van der Waals surface area contributed by atoms with E-state index in [4.69, 9.17) is 0 Å². The molecular formula is C21H30N2O3. The molecule has 2 amide bonds. The Balaban J connectivity index is 1.47. The Morgan fingerprint density at radius 2 is 1.81 bits per heavy atom. The molecule has 0 unspecified atom stereocenters. The van der Waals surface area contributed by atoms with Crippen molar-refractivity contribution in [1.82, 2.24) is 9.80 Å². The second kappa shape index (κ2) is 8.21. The van der Waals surface area contributed by atoms with Gasteiger partial charge in [0.15, 0.2) is 0 Å². The first kappa shape index (κ1) is 18.9. The fourth-order valence-corrected chi connectivity index (χ4v) is 4.17. The number of benzene rings is 1. The number of likely N-dealkylation sites (tertiary alicyclic amines) is 2. The van der Waals surface area contributed by atoms with Crippen molar-refractivity contribution in [3.05, 3.63) is 35.4 Å². The maximum absolute atomic E-state index is 12.8. The van der Waals surface area contributed by atoms with Crippen LogP contribution in [0.4, 0.5) is 0 Å². The first-order valence-corrected chi connectivity index (χ1v) is 9.73. The molecule has 26 heavy (non-hydrogen) atoms. The number of piperidine rings is 1. The van der Waals surface area contributed by atoms with E-state index in [1.165, 1.54) is 23.0 Å². The molecule has 3 rings (SSSR count). The van der Waals surface area contributed by atoms with Crippen LogP contribution in [0, 0.1) is 12.8 Å². The Hall–Kier alpha value is -1.88. The molecule has 1 aromatic rings. The van der Waals surface area contributed by atoms with Crippen molar-refractivity contribution in [1.29, 1.82) is 0 Å². The van der Waals surface area contributed by atoms with Gasteiger partial charge in [-0.25, -0.2) is 0 Å². The number of β-amino-alcohol motifs (C(OH)–C–C–N with tert-alkyl or cyclic N) is 1. The predicted molar refractivity (Wildman–Crippen MR) is 101 cm³/mol. The van der Waals surface area contributed by atoms with Crippen LogP contribution in [-0.2, 0) is 16.0 Å². The van der Waals surface area contributed by atoms with E-state index in [1.54, 1.807) is 0 Å². The normalized spacial score (nSPS) is 24.1. The number of hydrogen-bond donors (Lipinski definition) is 1. The Bertz CT molecular complexity index is 635. The number of amides is 2. The molecule has 0 spiro atoms. The van der Waals surface area contributed by atoms with E-state index >= 15 is 0 Å². The smallest absolute Gasteiger partial charge is 0.245 e. The van der Waals surface area contributed by atoms with Crippen molar-refractivity contribution >= 4 is 11.8 Å². The standard InChI is InChI=1S/C21H30N2O3/c1-15-3-5-17(6-4-15)7-8-18-9-11-22(12-10-18)21(26)20-13-19(25)14-23(20)16(2)24/h3-6,18-20,25H,7-14H2,1-2H3/t19-,20+/m0/s1. The monoisotopic (exact) mass is 358 g/mol. The van der Waals surface area contributed by atoms with E-state index in [1.807, 2.05) is 4.90 Å². The second-order valence-electron chi connectivity index (χ2n) is 7.87. The summed E-state index contributed by atoms with van der Waals surface area (Å²) in [5.41, 5.74) is 2.67. The summed E-state index contributed by atoms with van der Waals surface area (Å²) in [6, 6.07) is 8.25. The number of carbonyl (C=O) groups excluding carboxylic acids is 2. The zero-order chi connectivity index (χ0) is 18.7. The Kier molecular flexibility index (Phi) is 5.97. The summed E-state index contributed by atoms with van der Waals surface area (Å²) in [5, 5.41) is 9.84. The molecule has 2 aliphatic heterocycles. The van der Waals surface area contributed by atoms with E-state index in [0.29, 0.717) is 12.3 Å². The van der Waals surface area contributed by atoms with Crippen LogP contribution in [-0.4, -0.2) is 58.5 Å². The predicted octanol–water partition coefficient (Wildman–Crippen LogP) is 2.15. The van der Waals surface area contributed by atoms with Gasteiger partial charge in [-0.1, -0.05) is 29.8 Å². The summed E-state index contributed by atoms with van der Waals surface area (Å²) in [5.74, 6) is 0.528. The van der Waals surface area contributed by atoms with Gasteiger partial charge in [0, 0.05) is 33.0 Å². The summed E-state index contributed by atoms with van der Waals surface area (Å²) in [7, 11) is 0. The molecule has 2 heterocycles. The minimum absolute atomic E-state index is 0.00809. The van der Waals surface area contributed by atoms with Gasteiger partial charge >= 0.3 is 0 Å². The van der Waals surface area contributed by atoms with E-state index in [2.05, 4.69) is 31.2 Å². The number of nitrogens with zero attached hydrogens (tertiary/aromatic N) is 2. The van der Waals surface area contributed by atoms with Crippen LogP contribution < -0.4 is 0 Å². The third-order valence-electron chi connectivity index (χ3n) is 5.86. The lowest BCUT2D eigenvalue weighted by atomic mass is 9.90. The summed E-state index contributed by atoms with van der Waals surface area (Å²) < 4.78 is 0. The number of hydrogen-bond acceptors (Lipinski definition) is 3. The maximum Gasteiger partial charge on any atom is 0.245 e. The molecule has 2 saturated heterocycles. The highest BCUT2D eigenvalue weighted by atomic mass is 16.3. The molecule has 142 valence electrons. The van der Waals surface area contributed by atoms with Gasteiger partial charge in [-0.15, -0.1) is 0 Å². The highest BCUT2D eigenvalue weighted by molar-refractivity contribution is 5.87. The molecule has 0 saturated carbocycles. The number of carbonyl (C=O) groups is 2. The van der Waals surface area contributed by atoms with Crippen LogP contribution in [0.25, 0.3) is 0 Å². The lowest BCUT2D eigenvalue weighted by molar-refractivity contribution is -0.143. The minimum atomic E-state index is -0.583. The summed E-state index contributed by atoms with van der Waals surface area (Å²) in [6.45, 7) is 5.37. The largest absolute Gasteiger partial charge is 0.391 e. The third-order valence-corrected chi connectivity index (χ3v) is 5.86. The van der Waals surface area contributed by atoms with Gasteiger partial charge in [-0.2, -0.15) is 0 Å². The van der Waals surface area contributed by atoms with E-state index in [9.17, 15) is 14.7 Å². The lowest BCUT2D eigenvalue weighted by Crippen LogP contribution is -2.49. The zero-order valence-electron chi connectivity index (χ0n) is 15.9. The maximum atomic E-state index is 12.8. The second-order valence-corrected chi connectivity index (χ2v) is 7.87. The molecule has 2 fully saturated rings. The van der Waals surface area contributed by atoms with Gasteiger partial charge in [0.1, 0.15) is 6.04 Å². The van der Waals surface area contributed by atoms with Gasteiger partial charge in [0.25, 0.3) is 0 Å². The van der Waals surface area contributed by atoms with Crippen molar-refractivity contribution in [3.8, 4) is 0 Å². The highest BCUT2D eigenvalue weighted by Gasteiger charge is 2.40. The number of aryl methyl sites for hydroxylation is 2. The van der Waals surface area contributed by atoms with Crippen LogP contribution in [0.1, 0.15) is 43.7 Å². The Labute approximate surface area is 156 Å². The topological polar surface area (TPSA) is 60.9 Å². The molecule has 0 radical (unpaired) electrons. The van der Waals surface area contributed by atoms with Crippen LogP contribution in [0.2, 0.25) is 0 Å². The fourth-order valence-electron chi connectivity index (χ4n) is 4.17. The quantitative estimate of drug-likeness (QED) is 0.897. The van der Waals surface area contributed by atoms with Crippen LogP contribution in [0.3, 0.4) is 0 Å². The fraction of sp³-hybridized carbons (Fsp3) is 0.619. The molecule has 2 atom stereocenters. The van der Waals surface area contributed by atoms with Crippen LogP contribution in [0.5, 0.6) is 0 Å².